The topological polar surface area (TPSA) is 17.1 Å². The van der Waals surface area contributed by atoms with Gasteiger partial charge in [0.2, 0.25) is 0 Å². The van der Waals surface area contributed by atoms with Crippen molar-refractivity contribution in [3.8, 4) is 0 Å². The van der Waals surface area contributed by atoms with E-state index in [1.54, 1.807) is 0 Å². The quantitative estimate of drug-likeness (QED) is 0.581. The van der Waals surface area contributed by atoms with Crippen LogP contribution in [-0.4, -0.2) is 5.78 Å². The summed E-state index contributed by atoms with van der Waals surface area (Å²) in [5.74, 6) is 0.520. The summed E-state index contributed by atoms with van der Waals surface area (Å²) in [6.07, 6.45) is 3.45. The Hall–Kier alpha value is -0.410. The maximum Gasteiger partial charge on any atom is 0.169 e. The number of benzene rings is 1. The molecule has 4 heteroatoms. The number of rotatable bonds is 2. The molecule has 2 aliphatic carbocycles. The Morgan fingerprint density at radius 2 is 2.00 bits per heavy atom. The summed E-state index contributed by atoms with van der Waals surface area (Å²) in [4.78, 5) is 12.2. The molecule has 0 heterocycles. The molecule has 0 aromatic heterocycles. The maximum atomic E-state index is 13.7. The third kappa shape index (κ3) is 1.84. The van der Waals surface area contributed by atoms with Gasteiger partial charge in [0.1, 0.15) is 5.82 Å². The van der Waals surface area contributed by atoms with Crippen LogP contribution in [0.25, 0.3) is 0 Å². The van der Waals surface area contributed by atoms with Gasteiger partial charge in [0, 0.05) is 10.4 Å². The summed E-state index contributed by atoms with van der Waals surface area (Å²) in [5, 5.41) is 0.389. The van der Waals surface area contributed by atoms with Crippen molar-refractivity contribution in [2.45, 2.75) is 19.3 Å². The smallest absolute Gasteiger partial charge is 0.169 e. The molecule has 3 rings (SSSR count). The second-order valence-electron chi connectivity index (χ2n) is 4.89. The molecule has 0 spiro atoms. The standard InChI is InChI=1S/C13H11BrClFO/c14-9-5-11(16)8(4-10(9)15)13(17)12-6-2-1-3-7(6)12/h4-7,12H,1-3H2. The first-order valence-corrected chi connectivity index (χ1v) is 6.95. The van der Waals surface area contributed by atoms with Gasteiger partial charge in [-0.25, -0.2) is 4.39 Å². The van der Waals surface area contributed by atoms with Gasteiger partial charge in [-0.1, -0.05) is 18.0 Å². The fourth-order valence-electron chi connectivity index (χ4n) is 3.10. The van der Waals surface area contributed by atoms with Crippen molar-refractivity contribution >= 4 is 33.3 Å². The Kier molecular flexibility index (Phi) is 2.79. The first-order valence-electron chi connectivity index (χ1n) is 5.78. The molecule has 1 nitrogen and oxygen atoms in total. The lowest BCUT2D eigenvalue weighted by Gasteiger charge is -2.06. The number of fused-ring (bicyclic) bond motifs is 1. The van der Waals surface area contributed by atoms with Crippen LogP contribution in [-0.2, 0) is 0 Å². The number of carbonyl (C=O) groups excluding carboxylic acids is 1. The zero-order chi connectivity index (χ0) is 12.2. The van der Waals surface area contributed by atoms with Crippen LogP contribution >= 0.6 is 27.5 Å². The third-order valence-corrected chi connectivity index (χ3v) is 5.18. The van der Waals surface area contributed by atoms with Gasteiger partial charge in [-0.15, -0.1) is 0 Å². The molecule has 90 valence electrons. The molecule has 0 amide bonds. The van der Waals surface area contributed by atoms with Gasteiger partial charge in [-0.3, -0.25) is 4.79 Å². The highest BCUT2D eigenvalue weighted by molar-refractivity contribution is 9.10. The predicted octanol–water partition coefficient (Wildman–Crippen LogP) is 4.47. The molecule has 1 aromatic carbocycles. The molecule has 0 bridgehead atoms. The molecule has 2 aliphatic rings. The molecule has 1 aromatic rings. The molecule has 2 atom stereocenters. The average Bonchev–Trinajstić information content (AvgIpc) is 2.76. The summed E-state index contributed by atoms with van der Waals surface area (Å²) >= 11 is 9.06. The number of halogens is 3. The Morgan fingerprint density at radius 1 is 1.35 bits per heavy atom. The van der Waals surface area contributed by atoms with E-state index in [1.165, 1.54) is 18.6 Å². The fourth-order valence-corrected chi connectivity index (χ4v) is 3.58. The van der Waals surface area contributed by atoms with Gasteiger partial charge in [-0.2, -0.15) is 0 Å². The highest BCUT2D eigenvalue weighted by Crippen LogP contribution is 2.58. The monoisotopic (exact) mass is 316 g/mol. The molecular formula is C13H11BrClFO. The van der Waals surface area contributed by atoms with E-state index in [0.717, 1.165) is 12.8 Å². The summed E-state index contributed by atoms with van der Waals surface area (Å²) in [5.41, 5.74) is 0.151. The van der Waals surface area contributed by atoms with Crippen LogP contribution < -0.4 is 0 Å². The lowest BCUT2D eigenvalue weighted by atomic mass is 10.0. The first kappa shape index (κ1) is 11.7. The number of Topliss-reactive ketones (excluding diaryl/α,β-unsaturated/α-hetero) is 1. The predicted molar refractivity (Wildman–Crippen MR) is 67.8 cm³/mol. The Labute approximate surface area is 112 Å². The third-order valence-electron chi connectivity index (χ3n) is 3.98. The van der Waals surface area contributed by atoms with Crippen LogP contribution in [0, 0.1) is 23.6 Å². The van der Waals surface area contributed by atoms with E-state index >= 15 is 0 Å². The molecule has 2 unspecified atom stereocenters. The highest BCUT2D eigenvalue weighted by Gasteiger charge is 2.56. The van der Waals surface area contributed by atoms with Crippen molar-refractivity contribution in [1.29, 1.82) is 0 Å². The SMILES string of the molecule is O=C(c1cc(Cl)c(Br)cc1F)C1C2CCCC21. The van der Waals surface area contributed by atoms with Gasteiger partial charge < -0.3 is 0 Å². The second kappa shape index (κ2) is 4.06. The van der Waals surface area contributed by atoms with Crippen molar-refractivity contribution in [3.05, 3.63) is 33.0 Å². The van der Waals surface area contributed by atoms with E-state index in [4.69, 9.17) is 11.6 Å². The zero-order valence-electron chi connectivity index (χ0n) is 9.05. The molecule has 2 fully saturated rings. The Bertz CT molecular complexity index is 492. The van der Waals surface area contributed by atoms with Crippen molar-refractivity contribution < 1.29 is 9.18 Å². The Balaban J connectivity index is 1.89. The fraction of sp³-hybridized carbons (Fsp3) is 0.462. The molecule has 0 aliphatic heterocycles. The van der Waals surface area contributed by atoms with Crippen LogP contribution in [0.4, 0.5) is 4.39 Å². The van der Waals surface area contributed by atoms with E-state index in [0.29, 0.717) is 21.3 Å². The molecule has 2 saturated carbocycles. The summed E-state index contributed by atoms with van der Waals surface area (Å²) in [6.45, 7) is 0. The van der Waals surface area contributed by atoms with Crippen LogP contribution in [0.3, 0.4) is 0 Å². The van der Waals surface area contributed by atoms with E-state index < -0.39 is 5.82 Å². The minimum atomic E-state index is -0.476. The second-order valence-corrected chi connectivity index (χ2v) is 6.16. The number of carbonyl (C=O) groups is 1. The van der Waals surface area contributed by atoms with Gasteiger partial charge >= 0.3 is 0 Å². The van der Waals surface area contributed by atoms with E-state index in [2.05, 4.69) is 15.9 Å². The van der Waals surface area contributed by atoms with Crippen molar-refractivity contribution in [2.75, 3.05) is 0 Å². The van der Waals surface area contributed by atoms with Crippen molar-refractivity contribution in [3.63, 3.8) is 0 Å². The highest BCUT2D eigenvalue weighted by atomic mass is 79.9. The lowest BCUT2D eigenvalue weighted by Crippen LogP contribution is -2.08. The van der Waals surface area contributed by atoms with E-state index in [1.807, 2.05) is 0 Å². The van der Waals surface area contributed by atoms with Gasteiger partial charge in [0.05, 0.1) is 10.6 Å². The van der Waals surface area contributed by atoms with Gasteiger partial charge in [0.25, 0.3) is 0 Å². The minimum Gasteiger partial charge on any atom is -0.294 e. The normalized spacial score (nSPS) is 30.2. The van der Waals surface area contributed by atoms with Gasteiger partial charge in [-0.05, 0) is 52.7 Å². The van der Waals surface area contributed by atoms with E-state index in [-0.39, 0.29) is 17.3 Å². The summed E-state index contributed by atoms with van der Waals surface area (Å²) < 4.78 is 14.2. The summed E-state index contributed by atoms with van der Waals surface area (Å²) in [7, 11) is 0. The molecule has 0 radical (unpaired) electrons. The Morgan fingerprint density at radius 3 is 2.65 bits per heavy atom. The van der Waals surface area contributed by atoms with Gasteiger partial charge in [0.15, 0.2) is 5.78 Å². The van der Waals surface area contributed by atoms with Crippen LogP contribution in [0.15, 0.2) is 16.6 Å². The van der Waals surface area contributed by atoms with Crippen LogP contribution in [0.2, 0.25) is 5.02 Å². The number of ketones is 1. The number of hydrogen-bond acceptors (Lipinski definition) is 1. The molecule has 0 N–H and O–H groups in total. The summed E-state index contributed by atoms with van der Waals surface area (Å²) in [6, 6.07) is 2.71. The lowest BCUT2D eigenvalue weighted by molar-refractivity contribution is 0.0947. The molecule has 17 heavy (non-hydrogen) atoms. The van der Waals surface area contributed by atoms with Crippen LogP contribution in [0.5, 0.6) is 0 Å². The average molecular weight is 318 g/mol. The van der Waals surface area contributed by atoms with Crippen molar-refractivity contribution in [1.82, 2.24) is 0 Å². The molecule has 0 saturated heterocycles. The minimum absolute atomic E-state index is 0.0514. The zero-order valence-corrected chi connectivity index (χ0v) is 11.4. The molecular weight excluding hydrogens is 306 g/mol. The van der Waals surface area contributed by atoms with Crippen molar-refractivity contribution in [2.24, 2.45) is 17.8 Å². The van der Waals surface area contributed by atoms with Crippen LogP contribution in [0.1, 0.15) is 29.6 Å². The first-order chi connectivity index (χ1) is 8.09. The maximum absolute atomic E-state index is 13.7. The largest absolute Gasteiger partial charge is 0.294 e. The van der Waals surface area contributed by atoms with E-state index in [9.17, 15) is 9.18 Å². The number of hydrogen-bond donors (Lipinski definition) is 0.